The zero-order valence-corrected chi connectivity index (χ0v) is 16.0. The molecular weight excluding hydrogens is 388 g/mol. The van der Waals surface area contributed by atoms with Crippen LogP contribution in [0.1, 0.15) is 11.1 Å². The van der Waals surface area contributed by atoms with E-state index in [-0.39, 0.29) is 38.5 Å². The summed E-state index contributed by atoms with van der Waals surface area (Å²) in [6.07, 6.45) is 0. The Labute approximate surface area is 162 Å². The van der Waals surface area contributed by atoms with E-state index >= 15 is 0 Å². The molecule has 0 aliphatic carbocycles. The van der Waals surface area contributed by atoms with Gasteiger partial charge in [-0.3, -0.25) is 0 Å². The number of hydrogen-bond acceptors (Lipinski definition) is 3. The monoisotopic (exact) mass is 409 g/mol. The lowest BCUT2D eigenvalue weighted by Gasteiger charge is -2.34. The Balaban J connectivity index is 1.51. The summed E-state index contributed by atoms with van der Waals surface area (Å²) in [7, 11) is -3.46. The maximum Gasteiger partial charge on any atom is 0.317 e. The summed E-state index contributed by atoms with van der Waals surface area (Å²) in [4.78, 5) is 13.7. The number of benzene rings is 2. The van der Waals surface area contributed by atoms with Gasteiger partial charge in [0.15, 0.2) is 0 Å². The molecule has 0 saturated carbocycles. The predicted molar refractivity (Wildman–Crippen MR) is 101 cm³/mol. The van der Waals surface area contributed by atoms with Crippen LogP contribution >= 0.6 is 0 Å². The first kappa shape index (κ1) is 20.2. The minimum Gasteiger partial charge on any atom is -0.334 e. The number of hydrogen-bond donors (Lipinski definition) is 1. The van der Waals surface area contributed by atoms with Gasteiger partial charge in [-0.25, -0.2) is 22.0 Å². The molecule has 6 nitrogen and oxygen atoms in total. The molecule has 1 heterocycles. The van der Waals surface area contributed by atoms with Crippen molar-refractivity contribution in [2.24, 2.45) is 0 Å². The van der Waals surface area contributed by atoms with Crippen molar-refractivity contribution >= 4 is 16.1 Å². The van der Waals surface area contributed by atoms with Gasteiger partial charge in [0.1, 0.15) is 11.6 Å². The van der Waals surface area contributed by atoms with E-state index in [0.29, 0.717) is 11.1 Å². The Hall–Kier alpha value is -2.52. The van der Waals surface area contributed by atoms with Gasteiger partial charge in [-0.05, 0) is 23.3 Å². The Kier molecular flexibility index (Phi) is 6.25. The van der Waals surface area contributed by atoms with E-state index in [1.54, 1.807) is 24.3 Å². The number of nitrogens with zero attached hydrogens (tertiary/aromatic N) is 2. The van der Waals surface area contributed by atoms with E-state index in [4.69, 9.17) is 0 Å². The molecule has 1 aliphatic rings. The van der Waals surface area contributed by atoms with E-state index in [1.165, 1.54) is 9.21 Å². The van der Waals surface area contributed by atoms with E-state index in [2.05, 4.69) is 5.32 Å². The standard InChI is InChI=1S/C19H21F2N3O3S/c20-17-10-16(11-18(21)12-17)13-22-19(25)23-6-8-24(9-7-23)28(26,27)14-15-4-2-1-3-5-15/h1-5,10-12H,6-9,13-14H2,(H,22,25). The first-order chi connectivity index (χ1) is 13.3. The topological polar surface area (TPSA) is 69.7 Å². The van der Waals surface area contributed by atoms with Crippen LogP contribution in [0.4, 0.5) is 13.6 Å². The van der Waals surface area contributed by atoms with Crippen LogP contribution in [-0.2, 0) is 22.3 Å². The summed E-state index contributed by atoms with van der Waals surface area (Å²) < 4.78 is 52.8. The summed E-state index contributed by atoms with van der Waals surface area (Å²) in [6, 6.07) is 11.6. The zero-order valence-electron chi connectivity index (χ0n) is 15.1. The molecule has 0 bridgehead atoms. The SMILES string of the molecule is O=C(NCc1cc(F)cc(F)c1)N1CCN(S(=O)(=O)Cc2ccccc2)CC1. The van der Waals surface area contributed by atoms with E-state index in [0.717, 1.165) is 18.2 Å². The van der Waals surface area contributed by atoms with Gasteiger partial charge in [-0.1, -0.05) is 30.3 Å². The normalized spacial score (nSPS) is 15.4. The number of sulfonamides is 1. The van der Waals surface area contributed by atoms with Crippen molar-refractivity contribution in [3.63, 3.8) is 0 Å². The number of amides is 2. The first-order valence-corrected chi connectivity index (χ1v) is 10.4. The molecule has 2 aromatic carbocycles. The van der Waals surface area contributed by atoms with Crippen LogP contribution in [0.5, 0.6) is 0 Å². The molecule has 0 spiro atoms. The zero-order chi connectivity index (χ0) is 20.1. The van der Waals surface area contributed by atoms with Crippen LogP contribution in [0.3, 0.4) is 0 Å². The second-order valence-electron chi connectivity index (χ2n) is 6.56. The van der Waals surface area contributed by atoms with Gasteiger partial charge < -0.3 is 10.2 Å². The molecule has 1 N–H and O–H groups in total. The molecule has 0 atom stereocenters. The van der Waals surface area contributed by atoms with Crippen molar-refractivity contribution in [1.82, 2.24) is 14.5 Å². The fourth-order valence-electron chi connectivity index (χ4n) is 3.05. The predicted octanol–water partition coefficient (Wildman–Crippen LogP) is 2.32. The minimum atomic E-state index is -3.46. The molecule has 1 fully saturated rings. The lowest BCUT2D eigenvalue weighted by Crippen LogP contribution is -2.53. The highest BCUT2D eigenvalue weighted by molar-refractivity contribution is 7.88. The molecule has 150 valence electrons. The van der Waals surface area contributed by atoms with Crippen LogP contribution in [0, 0.1) is 11.6 Å². The van der Waals surface area contributed by atoms with Crippen molar-refractivity contribution in [3.05, 3.63) is 71.3 Å². The van der Waals surface area contributed by atoms with Crippen molar-refractivity contribution in [2.75, 3.05) is 26.2 Å². The third-order valence-electron chi connectivity index (χ3n) is 4.48. The lowest BCUT2D eigenvalue weighted by molar-refractivity contribution is 0.172. The van der Waals surface area contributed by atoms with E-state index in [1.807, 2.05) is 6.07 Å². The number of carbonyl (C=O) groups is 1. The lowest BCUT2D eigenvalue weighted by atomic mass is 10.2. The molecule has 0 radical (unpaired) electrons. The van der Waals surface area contributed by atoms with Gasteiger partial charge in [0.25, 0.3) is 0 Å². The highest BCUT2D eigenvalue weighted by Crippen LogP contribution is 2.14. The van der Waals surface area contributed by atoms with Crippen molar-refractivity contribution in [2.45, 2.75) is 12.3 Å². The maximum atomic E-state index is 13.2. The number of rotatable bonds is 5. The molecule has 1 saturated heterocycles. The maximum absolute atomic E-state index is 13.2. The molecule has 1 aliphatic heterocycles. The minimum absolute atomic E-state index is 0.0139. The molecule has 9 heteroatoms. The van der Waals surface area contributed by atoms with E-state index in [9.17, 15) is 22.0 Å². The average molecular weight is 409 g/mol. The van der Waals surface area contributed by atoms with Crippen LogP contribution < -0.4 is 5.32 Å². The molecule has 2 amide bonds. The first-order valence-electron chi connectivity index (χ1n) is 8.83. The number of urea groups is 1. The second-order valence-corrected chi connectivity index (χ2v) is 8.53. The molecule has 3 rings (SSSR count). The summed E-state index contributed by atoms with van der Waals surface area (Å²) in [6.45, 7) is 0.892. The van der Waals surface area contributed by atoms with Gasteiger partial charge in [-0.2, -0.15) is 4.31 Å². The fourth-order valence-corrected chi connectivity index (χ4v) is 4.56. The highest BCUT2D eigenvalue weighted by Gasteiger charge is 2.28. The Morgan fingerprint density at radius 1 is 0.929 bits per heavy atom. The quantitative estimate of drug-likeness (QED) is 0.824. The van der Waals surface area contributed by atoms with Gasteiger partial charge in [0.2, 0.25) is 10.0 Å². The number of nitrogens with one attached hydrogen (secondary N) is 1. The third-order valence-corrected chi connectivity index (χ3v) is 6.33. The fraction of sp³-hybridized carbons (Fsp3) is 0.316. The van der Waals surface area contributed by atoms with Crippen molar-refractivity contribution in [1.29, 1.82) is 0 Å². The van der Waals surface area contributed by atoms with Crippen LogP contribution in [0.15, 0.2) is 48.5 Å². The summed E-state index contributed by atoms with van der Waals surface area (Å²) >= 11 is 0. The second kappa shape index (κ2) is 8.66. The molecule has 0 aromatic heterocycles. The Morgan fingerprint density at radius 3 is 2.14 bits per heavy atom. The van der Waals surface area contributed by atoms with Gasteiger partial charge in [-0.15, -0.1) is 0 Å². The van der Waals surface area contributed by atoms with Crippen molar-refractivity contribution < 1.29 is 22.0 Å². The van der Waals surface area contributed by atoms with Crippen molar-refractivity contribution in [3.8, 4) is 0 Å². The molecule has 0 unspecified atom stereocenters. The van der Waals surface area contributed by atoms with Gasteiger partial charge in [0, 0.05) is 38.8 Å². The number of carbonyl (C=O) groups excluding carboxylic acids is 1. The summed E-state index contributed by atoms with van der Waals surface area (Å²) in [5, 5.41) is 2.60. The smallest absolute Gasteiger partial charge is 0.317 e. The number of halogens is 2. The van der Waals surface area contributed by atoms with Gasteiger partial charge >= 0.3 is 6.03 Å². The molecule has 2 aromatic rings. The van der Waals surface area contributed by atoms with Crippen LogP contribution in [-0.4, -0.2) is 49.8 Å². The Morgan fingerprint density at radius 2 is 1.54 bits per heavy atom. The van der Waals surface area contributed by atoms with E-state index < -0.39 is 27.7 Å². The molecule has 28 heavy (non-hydrogen) atoms. The largest absolute Gasteiger partial charge is 0.334 e. The Bertz CT molecular complexity index is 910. The summed E-state index contributed by atoms with van der Waals surface area (Å²) in [5.74, 6) is -1.49. The van der Waals surface area contributed by atoms with Gasteiger partial charge in [0.05, 0.1) is 5.75 Å². The number of piperazine rings is 1. The molecular formula is C19H21F2N3O3S. The summed E-state index contributed by atoms with van der Waals surface area (Å²) in [5.41, 5.74) is 1.03. The van der Waals surface area contributed by atoms with Crippen LogP contribution in [0.2, 0.25) is 0 Å². The highest BCUT2D eigenvalue weighted by atomic mass is 32.2. The van der Waals surface area contributed by atoms with Crippen LogP contribution in [0.25, 0.3) is 0 Å². The average Bonchev–Trinajstić information content (AvgIpc) is 2.66. The third kappa shape index (κ3) is 5.26.